The molecule has 7 nitrogen and oxygen atoms in total. The van der Waals surface area contributed by atoms with Crippen molar-refractivity contribution in [3.05, 3.63) is 58.7 Å². The van der Waals surface area contributed by atoms with Crippen molar-refractivity contribution in [3.63, 3.8) is 0 Å². The minimum Gasteiger partial charge on any atom is -0.482 e. The highest BCUT2D eigenvalue weighted by Gasteiger charge is 2.31. The molecule has 29 heavy (non-hydrogen) atoms. The number of ketones is 1. The third-order valence-electron chi connectivity index (χ3n) is 4.51. The molecule has 0 aromatic heterocycles. The Bertz CT molecular complexity index is 956. The second-order valence-corrected chi connectivity index (χ2v) is 6.96. The van der Waals surface area contributed by atoms with Crippen molar-refractivity contribution in [2.75, 3.05) is 33.1 Å². The summed E-state index contributed by atoms with van der Waals surface area (Å²) in [6.07, 6.45) is 6.08. The molecule has 0 saturated carbocycles. The summed E-state index contributed by atoms with van der Waals surface area (Å²) >= 11 is 1.32. The molecule has 1 aromatic carbocycles. The monoisotopic (exact) mass is 412 g/mol. The Labute approximate surface area is 172 Å². The van der Waals surface area contributed by atoms with Crippen molar-refractivity contribution in [2.45, 2.75) is 6.42 Å². The Morgan fingerprint density at radius 3 is 2.69 bits per heavy atom. The number of esters is 1. The number of benzene rings is 1. The van der Waals surface area contributed by atoms with Crippen LogP contribution in [0.3, 0.4) is 0 Å². The van der Waals surface area contributed by atoms with Gasteiger partial charge in [0.2, 0.25) is 0 Å². The maximum Gasteiger partial charge on any atom is 0.343 e. The zero-order valence-corrected chi connectivity index (χ0v) is 17.0. The van der Waals surface area contributed by atoms with Crippen LogP contribution in [0.1, 0.15) is 16.8 Å². The molecule has 0 saturated heterocycles. The van der Waals surface area contributed by atoms with Gasteiger partial charge in [-0.25, -0.2) is 4.79 Å². The fourth-order valence-corrected chi connectivity index (χ4v) is 3.24. The van der Waals surface area contributed by atoms with Gasteiger partial charge >= 0.3 is 5.97 Å². The fraction of sp³-hybridized carbons (Fsp3) is 0.286. The van der Waals surface area contributed by atoms with Gasteiger partial charge in [0, 0.05) is 35.9 Å². The maximum absolute atomic E-state index is 12.6. The Morgan fingerprint density at radius 2 is 2.00 bits per heavy atom. The molecule has 1 heterocycles. The second kappa shape index (κ2) is 9.41. The van der Waals surface area contributed by atoms with E-state index in [9.17, 15) is 14.4 Å². The highest BCUT2D eigenvalue weighted by atomic mass is 32.2. The van der Waals surface area contributed by atoms with Gasteiger partial charge in [-0.2, -0.15) is 4.40 Å². The molecule has 1 aliphatic heterocycles. The van der Waals surface area contributed by atoms with E-state index in [2.05, 4.69) is 15.0 Å². The first-order chi connectivity index (χ1) is 14.0. The standard InChI is InChI=1S/C21H20N2O5S/c1-27-20(25)13-28-17-6-4-15(5-7-17)19(24)12-23-11-16-9-14(10-22-29-2)3-8-18(16)21(23)26/h3-8H,9,11-13H2,1-2H3. The lowest BCUT2D eigenvalue weighted by atomic mass is 9.97. The van der Waals surface area contributed by atoms with E-state index < -0.39 is 5.97 Å². The van der Waals surface area contributed by atoms with E-state index in [1.54, 1.807) is 35.2 Å². The van der Waals surface area contributed by atoms with E-state index in [0.29, 0.717) is 29.9 Å². The maximum atomic E-state index is 12.6. The van der Waals surface area contributed by atoms with Crippen molar-refractivity contribution >= 4 is 35.5 Å². The number of hydrogen-bond donors (Lipinski definition) is 0. The number of rotatable bonds is 7. The van der Waals surface area contributed by atoms with E-state index in [1.807, 2.05) is 12.3 Å². The second-order valence-electron chi connectivity index (χ2n) is 6.41. The SMILES string of the molecule is COC(=O)COc1ccc(C(=O)CN2CC3=C(C=CC(=C=NSC)C3)C2=O)cc1. The van der Waals surface area contributed by atoms with Gasteiger partial charge < -0.3 is 14.4 Å². The summed E-state index contributed by atoms with van der Waals surface area (Å²) in [5, 5.41) is 0. The van der Waals surface area contributed by atoms with Crippen molar-refractivity contribution < 1.29 is 23.9 Å². The van der Waals surface area contributed by atoms with Gasteiger partial charge in [0.15, 0.2) is 12.4 Å². The van der Waals surface area contributed by atoms with Crippen molar-refractivity contribution in [2.24, 2.45) is 4.40 Å². The van der Waals surface area contributed by atoms with Crippen LogP contribution in [-0.4, -0.2) is 61.5 Å². The third kappa shape index (κ3) is 5.04. The molecular weight excluding hydrogens is 392 g/mol. The number of carbonyl (C=O) groups is 3. The van der Waals surface area contributed by atoms with Gasteiger partial charge in [0.25, 0.3) is 5.91 Å². The molecular formula is C21H20N2O5S. The smallest absolute Gasteiger partial charge is 0.343 e. The molecule has 0 bridgehead atoms. The van der Waals surface area contributed by atoms with Crippen molar-refractivity contribution in [1.82, 2.24) is 4.90 Å². The van der Waals surface area contributed by atoms with E-state index in [-0.39, 0.29) is 24.8 Å². The normalized spacial score (nSPS) is 15.2. The van der Waals surface area contributed by atoms with Crippen LogP contribution in [0.2, 0.25) is 0 Å². The first-order valence-corrected chi connectivity index (χ1v) is 10.1. The third-order valence-corrected chi connectivity index (χ3v) is 4.78. The molecule has 1 aliphatic carbocycles. The highest BCUT2D eigenvalue weighted by molar-refractivity contribution is 7.97. The Morgan fingerprint density at radius 1 is 1.24 bits per heavy atom. The summed E-state index contributed by atoms with van der Waals surface area (Å²) in [7, 11) is 1.28. The van der Waals surface area contributed by atoms with Crippen LogP contribution in [0.25, 0.3) is 0 Å². The first kappa shape index (κ1) is 20.6. The van der Waals surface area contributed by atoms with Crippen LogP contribution < -0.4 is 4.74 Å². The van der Waals surface area contributed by atoms with E-state index in [4.69, 9.17) is 4.74 Å². The predicted molar refractivity (Wildman–Crippen MR) is 110 cm³/mol. The fourth-order valence-electron chi connectivity index (χ4n) is 3.03. The highest BCUT2D eigenvalue weighted by Crippen LogP contribution is 2.29. The van der Waals surface area contributed by atoms with E-state index in [0.717, 1.165) is 11.1 Å². The Balaban J connectivity index is 1.59. The van der Waals surface area contributed by atoms with Crippen LogP contribution in [0.15, 0.2) is 57.5 Å². The summed E-state index contributed by atoms with van der Waals surface area (Å²) < 4.78 is 13.8. The van der Waals surface area contributed by atoms with E-state index >= 15 is 0 Å². The molecule has 0 spiro atoms. The Kier molecular flexibility index (Phi) is 6.69. The molecule has 1 amide bonds. The summed E-state index contributed by atoms with van der Waals surface area (Å²) in [6, 6.07) is 6.44. The summed E-state index contributed by atoms with van der Waals surface area (Å²) in [5.74, 6) is 2.62. The number of allylic oxidation sites excluding steroid dienone is 2. The number of nitrogens with zero attached hydrogens (tertiary/aromatic N) is 2. The van der Waals surface area contributed by atoms with Crippen LogP contribution in [0.5, 0.6) is 5.75 Å². The quantitative estimate of drug-likeness (QED) is 0.296. The van der Waals surface area contributed by atoms with Crippen LogP contribution in [0, 0.1) is 0 Å². The largest absolute Gasteiger partial charge is 0.482 e. The van der Waals surface area contributed by atoms with Crippen LogP contribution >= 0.6 is 11.9 Å². The Hall–Kier alpha value is -3.09. The minimum atomic E-state index is -0.485. The molecule has 0 unspecified atom stereocenters. The summed E-state index contributed by atoms with van der Waals surface area (Å²) in [4.78, 5) is 37.9. The van der Waals surface area contributed by atoms with Crippen molar-refractivity contribution in [1.29, 1.82) is 0 Å². The zero-order chi connectivity index (χ0) is 20.8. The average Bonchev–Trinajstić information content (AvgIpc) is 3.05. The number of ether oxygens (including phenoxy) is 2. The number of methoxy groups -OCH3 is 1. The van der Waals surface area contributed by atoms with Gasteiger partial charge in [-0.05, 0) is 59.8 Å². The van der Waals surface area contributed by atoms with Gasteiger partial charge in [-0.1, -0.05) is 0 Å². The lowest BCUT2D eigenvalue weighted by molar-refractivity contribution is -0.142. The average molecular weight is 412 g/mol. The predicted octanol–water partition coefficient (Wildman–Crippen LogP) is 2.39. The van der Waals surface area contributed by atoms with Gasteiger partial charge in [0.05, 0.1) is 13.7 Å². The lowest BCUT2D eigenvalue weighted by Crippen LogP contribution is -2.32. The van der Waals surface area contributed by atoms with Gasteiger partial charge in [-0.15, -0.1) is 0 Å². The molecule has 150 valence electrons. The topological polar surface area (TPSA) is 85.3 Å². The first-order valence-electron chi connectivity index (χ1n) is 8.89. The van der Waals surface area contributed by atoms with Gasteiger partial charge in [0.1, 0.15) is 5.75 Å². The molecule has 0 fully saturated rings. The summed E-state index contributed by atoms with van der Waals surface area (Å²) in [5.41, 5.74) is 3.02. The van der Waals surface area contributed by atoms with Crippen LogP contribution in [-0.2, 0) is 14.3 Å². The lowest BCUT2D eigenvalue weighted by Gasteiger charge is -2.16. The van der Waals surface area contributed by atoms with Gasteiger partial charge in [-0.3, -0.25) is 9.59 Å². The van der Waals surface area contributed by atoms with Crippen LogP contribution in [0.4, 0.5) is 0 Å². The molecule has 0 N–H and O–H groups in total. The molecule has 0 atom stereocenters. The number of amides is 1. The number of hydrogen-bond acceptors (Lipinski definition) is 7. The molecule has 0 radical (unpaired) electrons. The number of Topliss-reactive ketones (excluding diaryl/α,β-unsaturated/α-hetero) is 1. The molecule has 3 rings (SSSR count). The zero-order valence-electron chi connectivity index (χ0n) is 16.1. The molecule has 8 heteroatoms. The summed E-state index contributed by atoms with van der Waals surface area (Å²) in [6.45, 7) is 0.226. The molecule has 2 aliphatic rings. The van der Waals surface area contributed by atoms with Crippen molar-refractivity contribution in [3.8, 4) is 5.75 Å². The minimum absolute atomic E-state index is 0.0000134. The number of carbonyl (C=O) groups excluding carboxylic acids is 3. The molecule has 1 aromatic rings. The van der Waals surface area contributed by atoms with E-state index in [1.165, 1.54) is 19.1 Å².